The second-order valence-electron chi connectivity index (χ2n) is 6.45. The van der Waals surface area contributed by atoms with Crippen molar-refractivity contribution in [3.05, 3.63) is 71.3 Å². The first-order valence-electron chi connectivity index (χ1n) is 8.70. The zero-order chi connectivity index (χ0) is 16.1. The van der Waals surface area contributed by atoms with Crippen molar-refractivity contribution in [1.29, 1.82) is 0 Å². The quantitative estimate of drug-likeness (QED) is 0.869. The first-order chi connectivity index (χ1) is 11.3. The van der Waals surface area contributed by atoms with Crippen LogP contribution in [-0.2, 0) is 17.6 Å². The Bertz CT molecular complexity index is 650. The van der Waals surface area contributed by atoms with E-state index in [1.165, 1.54) is 16.7 Å². The van der Waals surface area contributed by atoms with Crippen LogP contribution >= 0.6 is 0 Å². The molecule has 0 aromatic heterocycles. The van der Waals surface area contributed by atoms with Gasteiger partial charge in [0.05, 0.1) is 6.04 Å². The van der Waals surface area contributed by atoms with Crippen LogP contribution in [0.1, 0.15) is 48.9 Å². The summed E-state index contributed by atoms with van der Waals surface area (Å²) in [6.07, 6.45) is 5.01. The van der Waals surface area contributed by atoms with E-state index < -0.39 is 0 Å². The van der Waals surface area contributed by atoms with E-state index in [9.17, 15) is 4.79 Å². The van der Waals surface area contributed by atoms with E-state index in [2.05, 4.69) is 48.6 Å². The number of hydrogen-bond donors (Lipinski definition) is 1. The lowest BCUT2D eigenvalue weighted by Crippen LogP contribution is -2.36. The van der Waals surface area contributed by atoms with Gasteiger partial charge in [0, 0.05) is 5.92 Å². The average Bonchev–Trinajstić information content (AvgIpc) is 2.61. The Morgan fingerprint density at radius 2 is 1.87 bits per heavy atom. The van der Waals surface area contributed by atoms with Crippen LogP contribution in [0.25, 0.3) is 0 Å². The zero-order valence-corrected chi connectivity index (χ0v) is 13.8. The summed E-state index contributed by atoms with van der Waals surface area (Å²) >= 11 is 0. The molecule has 0 saturated carbocycles. The van der Waals surface area contributed by atoms with Gasteiger partial charge in [-0.25, -0.2) is 0 Å². The van der Waals surface area contributed by atoms with Crippen LogP contribution in [0, 0.1) is 5.92 Å². The van der Waals surface area contributed by atoms with E-state index in [1.807, 2.05) is 18.2 Å². The molecule has 2 aromatic rings. The van der Waals surface area contributed by atoms with Crippen molar-refractivity contribution in [1.82, 2.24) is 5.32 Å². The zero-order valence-electron chi connectivity index (χ0n) is 13.8. The lowest BCUT2D eigenvalue weighted by atomic mass is 9.87. The maximum atomic E-state index is 12.7. The van der Waals surface area contributed by atoms with Crippen molar-refractivity contribution in [3.8, 4) is 0 Å². The number of hydrogen-bond acceptors (Lipinski definition) is 1. The Morgan fingerprint density at radius 3 is 2.65 bits per heavy atom. The molecule has 3 rings (SSSR count). The third kappa shape index (κ3) is 3.82. The van der Waals surface area contributed by atoms with Gasteiger partial charge in [-0.15, -0.1) is 0 Å². The highest BCUT2D eigenvalue weighted by molar-refractivity contribution is 5.79. The summed E-state index contributed by atoms with van der Waals surface area (Å²) in [6.45, 7) is 2.10. The highest BCUT2D eigenvalue weighted by Gasteiger charge is 2.24. The molecule has 0 heterocycles. The van der Waals surface area contributed by atoms with E-state index in [1.54, 1.807) is 0 Å². The van der Waals surface area contributed by atoms with Crippen LogP contribution in [-0.4, -0.2) is 5.91 Å². The molecule has 2 nitrogen and oxygen atoms in total. The Labute approximate surface area is 138 Å². The summed E-state index contributed by atoms with van der Waals surface area (Å²) in [6, 6.07) is 19.0. The fourth-order valence-corrected chi connectivity index (χ4v) is 3.51. The van der Waals surface area contributed by atoms with Gasteiger partial charge in [-0.3, -0.25) is 4.79 Å². The molecular weight excluding hydrogens is 282 g/mol. The smallest absolute Gasteiger partial charge is 0.223 e. The molecule has 1 N–H and O–H groups in total. The number of carbonyl (C=O) groups excluding carboxylic acids is 1. The standard InChI is InChI=1S/C21H25NO/c1-2-17(15-16-9-4-3-5-10-16)21(23)22-20-14-8-12-18-11-6-7-13-19(18)20/h3-7,9-11,13,17,20H,2,8,12,14-15H2,1H3,(H,22,23). The minimum atomic E-state index is 0.0477. The van der Waals surface area contributed by atoms with E-state index in [0.29, 0.717) is 0 Å². The minimum Gasteiger partial charge on any atom is -0.349 e. The summed E-state index contributed by atoms with van der Waals surface area (Å²) in [4.78, 5) is 12.7. The summed E-state index contributed by atoms with van der Waals surface area (Å²) in [5, 5.41) is 3.31. The van der Waals surface area contributed by atoms with Gasteiger partial charge in [0.15, 0.2) is 0 Å². The van der Waals surface area contributed by atoms with Gasteiger partial charge in [-0.2, -0.15) is 0 Å². The van der Waals surface area contributed by atoms with E-state index in [-0.39, 0.29) is 17.9 Å². The molecule has 1 amide bonds. The first-order valence-corrected chi connectivity index (χ1v) is 8.70. The number of fused-ring (bicyclic) bond motifs is 1. The third-order valence-corrected chi connectivity index (χ3v) is 4.87. The molecule has 0 spiro atoms. The molecule has 1 aliphatic rings. The van der Waals surface area contributed by atoms with Gasteiger partial charge in [-0.05, 0) is 48.8 Å². The van der Waals surface area contributed by atoms with Gasteiger partial charge in [0.2, 0.25) is 5.91 Å². The predicted octanol–water partition coefficient (Wildman–Crippen LogP) is 4.45. The molecule has 0 aliphatic heterocycles. The third-order valence-electron chi connectivity index (χ3n) is 4.87. The number of amides is 1. The molecule has 2 atom stereocenters. The van der Waals surface area contributed by atoms with E-state index >= 15 is 0 Å². The topological polar surface area (TPSA) is 29.1 Å². The maximum absolute atomic E-state index is 12.7. The Balaban J connectivity index is 1.68. The van der Waals surface area contributed by atoms with Crippen molar-refractivity contribution in [2.45, 2.75) is 45.1 Å². The van der Waals surface area contributed by atoms with Gasteiger partial charge in [0.1, 0.15) is 0 Å². The summed E-state index contributed by atoms with van der Waals surface area (Å²) in [5.74, 6) is 0.240. The minimum absolute atomic E-state index is 0.0477. The number of aryl methyl sites for hydroxylation is 1. The summed E-state index contributed by atoms with van der Waals surface area (Å²) < 4.78 is 0. The summed E-state index contributed by atoms with van der Waals surface area (Å²) in [7, 11) is 0. The normalized spacial score (nSPS) is 18.0. The Hall–Kier alpha value is -2.09. The van der Waals surface area contributed by atoms with Crippen LogP contribution in [0.15, 0.2) is 54.6 Å². The predicted molar refractivity (Wildman–Crippen MR) is 94.2 cm³/mol. The van der Waals surface area contributed by atoms with Crippen molar-refractivity contribution in [2.24, 2.45) is 5.92 Å². The van der Waals surface area contributed by atoms with E-state index in [0.717, 1.165) is 32.1 Å². The monoisotopic (exact) mass is 307 g/mol. The largest absolute Gasteiger partial charge is 0.349 e. The molecule has 0 bridgehead atoms. The molecule has 120 valence electrons. The number of nitrogens with one attached hydrogen (secondary N) is 1. The molecule has 0 fully saturated rings. The maximum Gasteiger partial charge on any atom is 0.223 e. The Morgan fingerprint density at radius 1 is 1.13 bits per heavy atom. The summed E-state index contributed by atoms with van der Waals surface area (Å²) in [5.41, 5.74) is 3.93. The van der Waals surface area contributed by atoms with Crippen LogP contribution in [0.4, 0.5) is 0 Å². The molecule has 0 saturated heterocycles. The van der Waals surface area contributed by atoms with Gasteiger partial charge < -0.3 is 5.32 Å². The number of benzene rings is 2. The highest BCUT2D eigenvalue weighted by Crippen LogP contribution is 2.30. The molecule has 2 aromatic carbocycles. The second kappa shape index (κ2) is 7.45. The molecule has 1 aliphatic carbocycles. The number of carbonyl (C=O) groups is 1. The van der Waals surface area contributed by atoms with Crippen molar-refractivity contribution in [3.63, 3.8) is 0 Å². The highest BCUT2D eigenvalue weighted by atomic mass is 16.1. The lowest BCUT2D eigenvalue weighted by Gasteiger charge is -2.28. The van der Waals surface area contributed by atoms with Gasteiger partial charge in [0.25, 0.3) is 0 Å². The molecule has 2 unspecified atom stereocenters. The van der Waals surface area contributed by atoms with Gasteiger partial charge in [-0.1, -0.05) is 61.5 Å². The van der Waals surface area contributed by atoms with Crippen molar-refractivity contribution >= 4 is 5.91 Å². The van der Waals surface area contributed by atoms with Crippen LogP contribution in [0.5, 0.6) is 0 Å². The van der Waals surface area contributed by atoms with Crippen molar-refractivity contribution < 1.29 is 4.79 Å². The fourth-order valence-electron chi connectivity index (χ4n) is 3.51. The molecular formula is C21H25NO. The second-order valence-corrected chi connectivity index (χ2v) is 6.45. The molecule has 2 heteroatoms. The molecule has 0 radical (unpaired) electrons. The van der Waals surface area contributed by atoms with E-state index in [4.69, 9.17) is 0 Å². The van der Waals surface area contributed by atoms with Gasteiger partial charge >= 0.3 is 0 Å². The van der Waals surface area contributed by atoms with Crippen LogP contribution in [0.3, 0.4) is 0 Å². The Kier molecular flexibility index (Phi) is 5.12. The lowest BCUT2D eigenvalue weighted by molar-refractivity contribution is -0.126. The SMILES string of the molecule is CCC(Cc1ccccc1)C(=O)NC1CCCc2ccccc21. The fraction of sp³-hybridized carbons (Fsp3) is 0.381. The number of rotatable bonds is 5. The average molecular weight is 307 g/mol. The van der Waals surface area contributed by atoms with Crippen LogP contribution in [0.2, 0.25) is 0 Å². The molecule has 23 heavy (non-hydrogen) atoms. The van der Waals surface area contributed by atoms with Crippen LogP contribution < -0.4 is 5.32 Å². The first kappa shape index (κ1) is 15.8. The van der Waals surface area contributed by atoms with Crippen molar-refractivity contribution in [2.75, 3.05) is 0 Å².